The summed E-state index contributed by atoms with van der Waals surface area (Å²) < 4.78 is 0. The summed E-state index contributed by atoms with van der Waals surface area (Å²) in [5.74, 6) is 3.06. The van der Waals surface area contributed by atoms with Gasteiger partial charge in [0.1, 0.15) is 5.84 Å². The highest BCUT2D eigenvalue weighted by Crippen LogP contribution is 2.58. The highest BCUT2D eigenvalue weighted by molar-refractivity contribution is 7.99. The van der Waals surface area contributed by atoms with E-state index in [4.69, 9.17) is 4.98 Å². The topological polar surface area (TPSA) is 31.7 Å². The Labute approximate surface area is 208 Å². The number of aliphatic imine (C=N–C) groups is 1. The molecule has 2 aliphatic rings. The summed E-state index contributed by atoms with van der Waals surface area (Å²) in [6.45, 7) is 8.05. The third kappa shape index (κ3) is 4.48. The zero-order chi connectivity index (χ0) is 23.7. The summed E-state index contributed by atoms with van der Waals surface area (Å²) in [4.78, 5) is 14.4. The van der Waals surface area contributed by atoms with Crippen molar-refractivity contribution >= 4 is 28.5 Å². The van der Waals surface area contributed by atoms with Crippen LogP contribution in [-0.2, 0) is 5.41 Å². The molecule has 178 valence electrons. The van der Waals surface area contributed by atoms with Gasteiger partial charge in [-0.3, -0.25) is 9.98 Å². The molecule has 0 bridgehead atoms. The molecule has 0 spiro atoms. The Hall–Kier alpha value is -2.37. The summed E-state index contributed by atoms with van der Waals surface area (Å²) >= 11 is 2.02. The van der Waals surface area contributed by atoms with Gasteiger partial charge in [0, 0.05) is 49.2 Å². The molecule has 1 saturated carbocycles. The SMILES string of the molecule is CN=C(c1cccc2nc(C)ccc12)N(C)C(C)SCCCN1CC2CC2(c2ccccc2)C1. The van der Waals surface area contributed by atoms with Gasteiger partial charge < -0.3 is 9.80 Å². The minimum absolute atomic E-state index is 0.356. The van der Waals surface area contributed by atoms with Crippen molar-refractivity contribution in [1.82, 2.24) is 14.8 Å². The lowest BCUT2D eigenvalue weighted by molar-refractivity contribution is 0.299. The lowest BCUT2D eigenvalue weighted by Gasteiger charge is -2.28. The number of pyridine rings is 1. The summed E-state index contributed by atoms with van der Waals surface area (Å²) in [6, 6.07) is 21.8. The van der Waals surface area contributed by atoms with Gasteiger partial charge in [0.25, 0.3) is 0 Å². The van der Waals surface area contributed by atoms with Crippen molar-refractivity contribution in [3.63, 3.8) is 0 Å². The number of likely N-dealkylation sites (tertiary alicyclic amines) is 1. The predicted octanol–water partition coefficient (Wildman–Crippen LogP) is 5.59. The lowest BCUT2D eigenvalue weighted by Crippen LogP contribution is -2.34. The van der Waals surface area contributed by atoms with Gasteiger partial charge in [-0.15, -0.1) is 11.8 Å². The van der Waals surface area contributed by atoms with E-state index in [-0.39, 0.29) is 0 Å². The molecule has 3 atom stereocenters. The highest BCUT2D eigenvalue weighted by atomic mass is 32.2. The van der Waals surface area contributed by atoms with Crippen molar-refractivity contribution in [3.05, 3.63) is 77.5 Å². The average molecular weight is 473 g/mol. The molecule has 34 heavy (non-hydrogen) atoms. The van der Waals surface area contributed by atoms with Crippen LogP contribution in [0.3, 0.4) is 0 Å². The van der Waals surface area contributed by atoms with E-state index < -0.39 is 0 Å². The second-order valence-electron chi connectivity index (χ2n) is 9.96. The number of amidine groups is 1. The van der Waals surface area contributed by atoms with Gasteiger partial charge in [0.05, 0.1) is 10.9 Å². The average Bonchev–Trinajstić information content (AvgIpc) is 3.43. The second kappa shape index (κ2) is 9.71. The Morgan fingerprint density at radius 3 is 2.79 bits per heavy atom. The van der Waals surface area contributed by atoms with E-state index in [1.165, 1.54) is 32.5 Å². The van der Waals surface area contributed by atoms with Crippen molar-refractivity contribution < 1.29 is 0 Å². The van der Waals surface area contributed by atoms with Gasteiger partial charge in [-0.2, -0.15) is 0 Å². The van der Waals surface area contributed by atoms with E-state index in [1.807, 2.05) is 25.7 Å². The normalized spacial score (nSPS) is 23.2. The summed E-state index contributed by atoms with van der Waals surface area (Å²) in [5, 5.41) is 1.52. The van der Waals surface area contributed by atoms with Crippen LogP contribution in [0, 0.1) is 12.8 Å². The number of fused-ring (bicyclic) bond motifs is 2. The van der Waals surface area contributed by atoms with E-state index in [9.17, 15) is 0 Å². The minimum Gasteiger partial charge on any atom is -0.348 e. The Bertz CT molecular complexity index is 1180. The van der Waals surface area contributed by atoms with E-state index in [2.05, 4.69) is 89.4 Å². The van der Waals surface area contributed by atoms with Gasteiger partial charge in [-0.25, -0.2) is 0 Å². The molecule has 3 aromatic rings. The third-order valence-corrected chi connectivity index (χ3v) is 9.07. The molecular formula is C29H36N4S. The van der Waals surface area contributed by atoms with Crippen molar-refractivity contribution in [1.29, 1.82) is 0 Å². The molecule has 1 aliphatic heterocycles. The van der Waals surface area contributed by atoms with Crippen molar-refractivity contribution in [3.8, 4) is 0 Å². The number of piperidine rings is 1. The first-order chi connectivity index (χ1) is 16.5. The Balaban J connectivity index is 1.14. The van der Waals surface area contributed by atoms with E-state index in [0.717, 1.165) is 39.7 Å². The third-order valence-electron chi connectivity index (χ3n) is 7.75. The zero-order valence-electron chi connectivity index (χ0n) is 20.9. The molecule has 1 aromatic heterocycles. The van der Waals surface area contributed by atoms with Crippen molar-refractivity contribution in [2.45, 2.75) is 37.5 Å². The molecular weight excluding hydrogens is 436 g/mol. The van der Waals surface area contributed by atoms with E-state index in [0.29, 0.717) is 10.8 Å². The zero-order valence-corrected chi connectivity index (χ0v) is 21.7. The number of thioether (sulfide) groups is 1. The number of aryl methyl sites for hydroxylation is 1. The maximum atomic E-state index is 4.70. The van der Waals surface area contributed by atoms with Gasteiger partial charge in [-0.1, -0.05) is 48.5 Å². The fourth-order valence-electron chi connectivity index (χ4n) is 5.72. The number of nitrogens with zero attached hydrogens (tertiary/aromatic N) is 4. The van der Waals surface area contributed by atoms with Crippen LogP contribution < -0.4 is 0 Å². The Kier molecular flexibility index (Phi) is 6.67. The molecule has 5 rings (SSSR count). The van der Waals surface area contributed by atoms with Gasteiger partial charge >= 0.3 is 0 Å². The van der Waals surface area contributed by atoms with Gasteiger partial charge in [0.2, 0.25) is 0 Å². The predicted molar refractivity (Wildman–Crippen MR) is 146 cm³/mol. The van der Waals surface area contributed by atoms with Crippen molar-refractivity contribution in [2.75, 3.05) is 39.5 Å². The summed E-state index contributed by atoms with van der Waals surface area (Å²) in [6.07, 6.45) is 2.61. The number of hydrogen-bond acceptors (Lipinski definition) is 4. The maximum Gasteiger partial charge on any atom is 0.131 e. The van der Waals surface area contributed by atoms with Crippen LogP contribution in [0.4, 0.5) is 0 Å². The molecule has 0 amide bonds. The smallest absolute Gasteiger partial charge is 0.131 e. The Morgan fingerprint density at radius 2 is 2.00 bits per heavy atom. The molecule has 5 heteroatoms. The number of rotatable bonds is 8. The molecule has 3 unspecified atom stereocenters. The molecule has 4 nitrogen and oxygen atoms in total. The van der Waals surface area contributed by atoms with E-state index in [1.54, 1.807) is 5.56 Å². The van der Waals surface area contributed by atoms with Crippen LogP contribution >= 0.6 is 11.8 Å². The van der Waals surface area contributed by atoms with Gasteiger partial charge in [-0.05, 0) is 62.6 Å². The first kappa shape index (κ1) is 23.4. The van der Waals surface area contributed by atoms with Gasteiger partial charge in [0.15, 0.2) is 0 Å². The standard InChI is InChI=1S/C29H36N4S/c1-21-14-15-25-26(12-8-13-27(25)31-21)28(30-3)32(4)22(2)34-17-9-16-33-19-24-18-29(24,20-33)23-10-6-5-7-11-23/h5-8,10-15,22,24H,9,16-20H2,1-4H3. The maximum absolute atomic E-state index is 4.70. The fraction of sp³-hybridized carbons (Fsp3) is 0.448. The lowest BCUT2D eigenvalue weighted by atomic mass is 9.95. The van der Waals surface area contributed by atoms with Crippen LogP contribution in [0.2, 0.25) is 0 Å². The molecule has 2 heterocycles. The molecule has 0 radical (unpaired) electrons. The summed E-state index contributed by atoms with van der Waals surface area (Å²) in [7, 11) is 4.06. The molecule has 1 aliphatic carbocycles. The van der Waals surface area contributed by atoms with Crippen LogP contribution in [0.5, 0.6) is 0 Å². The fourth-order valence-corrected chi connectivity index (χ4v) is 6.68. The minimum atomic E-state index is 0.356. The van der Waals surface area contributed by atoms with Crippen LogP contribution in [0.25, 0.3) is 10.9 Å². The van der Waals surface area contributed by atoms with Crippen LogP contribution in [0.15, 0.2) is 65.7 Å². The van der Waals surface area contributed by atoms with Crippen LogP contribution in [0.1, 0.15) is 36.6 Å². The molecule has 2 fully saturated rings. The quantitative estimate of drug-likeness (QED) is 0.185. The molecule has 1 saturated heterocycles. The second-order valence-corrected chi connectivity index (χ2v) is 11.4. The first-order valence-corrected chi connectivity index (χ1v) is 13.5. The number of benzene rings is 2. The van der Waals surface area contributed by atoms with Crippen molar-refractivity contribution in [2.24, 2.45) is 10.9 Å². The number of aromatic nitrogens is 1. The largest absolute Gasteiger partial charge is 0.348 e. The molecule has 0 N–H and O–H groups in total. The Morgan fingerprint density at radius 1 is 1.18 bits per heavy atom. The van der Waals surface area contributed by atoms with Crippen LogP contribution in [-0.4, -0.2) is 65.5 Å². The highest BCUT2D eigenvalue weighted by Gasteiger charge is 2.60. The monoisotopic (exact) mass is 472 g/mol. The van der Waals surface area contributed by atoms with E-state index >= 15 is 0 Å². The summed E-state index contributed by atoms with van der Waals surface area (Å²) in [5.41, 5.74) is 5.24. The first-order valence-electron chi connectivity index (χ1n) is 12.5. The number of hydrogen-bond donors (Lipinski definition) is 0. The molecule has 2 aromatic carbocycles.